The molecule has 1 spiro atoms. The zero-order valence-corrected chi connectivity index (χ0v) is 13.6. The highest BCUT2D eigenvalue weighted by Crippen LogP contribution is 2.56. The molecule has 1 aromatic rings. The SMILES string of the molecule is CC(C)(C)[C@@H]1CC[C@@]2(ON2Cc2ccccc2)[C@](C)(O)C1. The Hall–Kier alpha value is -0.900. The van der Waals surface area contributed by atoms with Crippen molar-refractivity contribution in [3.8, 4) is 0 Å². The highest BCUT2D eigenvalue weighted by molar-refractivity contribution is 5.17. The molecule has 2 fully saturated rings. The minimum Gasteiger partial charge on any atom is -0.386 e. The molecule has 1 unspecified atom stereocenters. The van der Waals surface area contributed by atoms with Crippen molar-refractivity contribution in [2.45, 2.75) is 64.8 Å². The number of nitrogens with zero attached hydrogens (tertiary/aromatic N) is 1. The molecule has 1 aromatic carbocycles. The fourth-order valence-electron chi connectivity index (χ4n) is 3.73. The summed E-state index contributed by atoms with van der Waals surface area (Å²) in [5.41, 5.74) is 0.218. The van der Waals surface area contributed by atoms with Crippen LogP contribution in [0.3, 0.4) is 0 Å². The molecular formula is C18H27NO2. The Bertz CT molecular complexity index is 506. The van der Waals surface area contributed by atoms with Crippen LogP contribution in [-0.2, 0) is 11.4 Å². The lowest BCUT2D eigenvalue weighted by Crippen LogP contribution is -2.52. The largest absolute Gasteiger partial charge is 0.386 e. The van der Waals surface area contributed by atoms with E-state index < -0.39 is 11.3 Å². The van der Waals surface area contributed by atoms with E-state index >= 15 is 0 Å². The maximum Gasteiger partial charge on any atom is 0.193 e. The van der Waals surface area contributed by atoms with Crippen molar-refractivity contribution >= 4 is 0 Å². The minimum absolute atomic E-state index is 0.241. The summed E-state index contributed by atoms with van der Waals surface area (Å²) >= 11 is 0. The van der Waals surface area contributed by atoms with Crippen LogP contribution in [0.5, 0.6) is 0 Å². The average Bonchev–Trinajstić information content (AvgIpc) is 3.08. The molecule has 0 aromatic heterocycles. The summed E-state index contributed by atoms with van der Waals surface area (Å²) in [7, 11) is 0. The maximum atomic E-state index is 11.0. The van der Waals surface area contributed by atoms with E-state index in [9.17, 15) is 5.11 Å². The first-order valence-electron chi connectivity index (χ1n) is 7.98. The summed E-state index contributed by atoms with van der Waals surface area (Å²) < 4.78 is 0. The monoisotopic (exact) mass is 289 g/mol. The third-order valence-electron chi connectivity index (χ3n) is 5.34. The van der Waals surface area contributed by atoms with E-state index in [4.69, 9.17) is 4.84 Å². The summed E-state index contributed by atoms with van der Waals surface area (Å²) in [4.78, 5) is 5.91. The lowest BCUT2D eigenvalue weighted by atomic mass is 9.65. The predicted octanol–water partition coefficient (Wildman–Crippen LogP) is 3.73. The minimum atomic E-state index is -0.780. The molecule has 1 aliphatic heterocycles. The molecule has 2 aliphatic rings. The van der Waals surface area contributed by atoms with Crippen molar-refractivity contribution in [3.05, 3.63) is 35.9 Å². The number of hydrogen-bond donors (Lipinski definition) is 1. The van der Waals surface area contributed by atoms with Crippen molar-refractivity contribution in [2.75, 3.05) is 0 Å². The molecule has 3 heteroatoms. The van der Waals surface area contributed by atoms with Gasteiger partial charge in [0.25, 0.3) is 0 Å². The maximum absolute atomic E-state index is 11.0. The van der Waals surface area contributed by atoms with Crippen molar-refractivity contribution in [1.82, 2.24) is 5.06 Å². The van der Waals surface area contributed by atoms with Gasteiger partial charge < -0.3 is 5.11 Å². The van der Waals surface area contributed by atoms with Gasteiger partial charge in [-0.15, -0.1) is 5.06 Å². The van der Waals surface area contributed by atoms with E-state index in [1.807, 2.05) is 30.2 Å². The third-order valence-corrected chi connectivity index (χ3v) is 5.34. The predicted molar refractivity (Wildman–Crippen MR) is 83.2 cm³/mol. The zero-order chi connectivity index (χ0) is 15.3. The molecule has 0 amide bonds. The lowest BCUT2D eigenvalue weighted by molar-refractivity contribution is -0.0869. The molecule has 1 saturated heterocycles. The zero-order valence-electron chi connectivity index (χ0n) is 13.6. The smallest absolute Gasteiger partial charge is 0.193 e. The van der Waals surface area contributed by atoms with Crippen LogP contribution in [0, 0.1) is 11.3 Å². The second kappa shape index (κ2) is 4.80. The van der Waals surface area contributed by atoms with E-state index in [0.29, 0.717) is 5.92 Å². The van der Waals surface area contributed by atoms with Crippen LogP contribution in [0.4, 0.5) is 0 Å². The first-order chi connectivity index (χ1) is 9.75. The fraction of sp³-hybridized carbons (Fsp3) is 0.667. The van der Waals surface area contributed by atoms with Gasteiger partial charge in [0.05, 0.1) is 6.54 Å². The lowest BCUT2D eigenvalue weighted by Gasteiger charge is -2.43. The Kier molecular flexibility index (Phi) is 3.43. The van der Waals surface area contributed by atoms with E-state index in [0.717, 1.165) is 25.8 Å². The van der Waals surface area contributed by atoms with E-state index in [-0.39, 0.29) is 5.41 Å². The van der Waals surface area contributed by atoms with Gasteiger partial charge in [-0.1, -0.05) is 51.1 Å². The highest BCUT2D eigenvalue weighted by atomic mass is 16.9. The number of benzene rings is 1. The fourth-order valence-corrected chi connectivity index (χ4v) is 3.73. The Morgan fingerprint density at radius 2 is 1.95 bits per heavy atom. The second-order valence-electron chi connectivity index (χ2n) is 7.98. The highest BCUT2D eigenvalue weighted by Gasteiger charge is 2.68. The van der Waals surface area contributed by atoms with Crippen LogP contribution in [0.1, 0.15) is 52.5 Å². The molecule has 1 saturated carbocycles. The molecule has 3 rings (SSSR count). The first-order valence-corrected chi connectivity index (χ1v) is 7.98. The van der Waals surface area contributed by atoms with Crippen LogP contribution in [-0.4, -0.2) is 21.5 Å². The number of hydrogen-bond acceptors (Lipinski definition) is 3. The van der Waals surface area contributed by atoms with Gasteiger partial charge in [0.2, 0.25) is 0 Å². The molecule has 3 nitrogen and oxygen atoms in total. The van der Waals surface area contributed by atoms with E-state index in [1.54, 1.807) is 0 Å². The van der Waals surface area contributed by atoms with Crippen molar-refractivity contribution in [2.24, 2.45) is 11.3 Å². The van der Waals surface area contributed by atoms with Crippen LogP contribution in [0.2, 0.25) is 0 Å². The van der Waals surface area contributed by atoms with Crippen LogP contribution in [0.15, 0.2) is 30.3 Å². The molecule has 1 aliphatic carbocycles. The Balaban J connectivity index is 1.70. The first kappa shape index (κ1) is 15.0. The molecular weight excluding hydrogens is 262 g/mol. The average molecular weight is 289 g/mol. The van der Waals surface area contributed by atoms with E-state index in [2.05, 4.69) is 32.9 Å². The Labute approximate surface area is 127 Å². The summed E-state index contributed by atoms with van der Waals surface area (Å²) in [6, 6.07) is 10.3. The summed E-state index contributed by atoms with van der Waals surface area (Å²) in [5, 5.41) is 13.0. The van der Waals surface area contributed by atoms with Crippen LogP contribution in [0.25, 0.3) is 0 Å². The molecule has 21 heavy (non-hydrogen) atoms. The standard InChI is InChI=1S/C18H27NO2/c1-16(2,3)15-10-11-18(17(4,20)12-15)19(21-18)13-14-8-6-5-7-9-14/h5-9,15,20H,10-13H2,1-4H3/t15-,17-,18-,19?/m1/s1. The van der Waals surface area contributed by atoms with Gasteiger partial charge in [-0.05, 0) is 43.1 Å². The molecule has 0 bridgehead atoms. The van der Waals surface area contributed by atoms with Crippen LogP contribution >= 0.6 is 0 Å². The number of rotatable bonds is 2. The van der Waals surface area contributed by atoms with Crippen molar-refractivity contribution in [3.63, 3.8) is 0 Å². The van der Waals surface area contributed by atoms with Gasteiger partial charge in [-0.2, -0.15) is 0 Å². The van der Waals surface area contributed by atoms with Crippen LogP contribution < -0.4 is 0 Å². The summed E-state index contributed by atoms with van der Waals surface area (Å²) in [6.07, 6.45) is 2.83. The third kappa shape index (κ3) is 2.63. The Morgan fingerprint density at radius 1 is 1.29 bits per heavy atom. The van der Waals surface area contributed by atoms with Gasteiger partial charge in [-0.3, -0.25) is 4.84 Å². The normalized spacial score (nSPS) is 39.5. The molecule has 1 heterocycles. The van der Waals surface area contributed by atoms with Gasteiger partial charge in [0.15, 0.2) is 5.72 Å². The number of aliphatic hydroxyl groups is 1. The Morgan fingerprint density at radius 3 is 2.52 bits per heavy atom. The van der Waals surface area contributed by atoms with Gasteiger partial charge >= 0.3 is 0 Å². The second-order valence-corrected chi connectivity index (χ2v) is 7.98. The van der Waals surface area contributed by atoms with Crippen molar-refractivity contribution in [1.29, 1.82) is 0 Å². The van der Waals surface area contributed by atoms with Gasteiger partial charge in [0, 0.05) is 0 Å². The molecule has 4 atom stereocenters. The summed E-state index contributed by atoms with van der Waals surface area (Å²) in [5.74, 6) is 0.543. The molecule has 0 radical (unpaired) electrons. The quantitative estimate of drug-likeness (QED) is 0.843. The topological polar surface area (TPSA) is 35.8 Å². The van der Waals surface area contributed by atoms with E-state index in [1.165, 1.54) is 5.56 Å². The van der Waals surface area contributed by atoms with Gasteiger partial charge in [0.1, 0.15) is 5.60 Å². The van der Waals surface area contributed by atoms with Gasteiger partial charge in [-0.25, -0.2) is 0 Å². The summed E-state index contributed by atoms with van der Waals surface area (Å²) in [6.45, 7) is 9.48. The number of hydroxylamine groups is 2. The molecule has 116 valence electrons. The molecule has 1 N–H and O–H groups in total. The van der Waals surface area contributed by atoms with Crippen molar-refractivity contribution < 1.29 is 9.94 Å².